The van der Waals surface area contributed by atoms with E-state index >= 15 is 0 Å². The van der Waals surface area contributed by atoms with Crippen molar-refractivity contribution in [2.24, 2.45) is 0 Å². The van der Waals surface area contributed by atoms with Crippen molar-refractivity contribution in [3.8, 4) is 73.5 Å². The largest absolute Gasteiger partial charge is 0.292 e. The van der Waals surface area contributed by atoms with Crippen LogP contribution >= 0.6 is 0 Å². The highest BCUT2D eigenvalue weighted by molar-refractivity contribution is 6.26. The van der Waals surface area contributed by atoms with Crippen molar-refractivity contribution in [3.05, 3.63) is 200 Å². The van der Waals surface area contributed by atoms with Crippen molar-refractivity contribution in [1.82, 2.24) is 24.5 Å². The van der Waals surface area contributed by atoms with E-state index in [0.29, 0.717) is 17.5 Å². The van der Waals surface area contributed by atoms with Gasteiger partial charge < -0.3 is 0 Å². The molecule has 0 N–H and O–H groups in total. The average Bonchev–Trinajstić information content (AvgIpc) is 3.89. The van der Waals surface area contributed by atoms with E-state index in [1.54, 1.807) is 0 Å². The second kappa shape index (κ2) is 13.1. The highest BCUT2D eigenvalue weighted by atomic mass is 15.1. The maximum Gasteiger partial charge on any atom is 0.164 e. The van der Waals surface area contributed by atoms with E-state index in [-0.39, 0.29) is 0 Å². The number of para-hydroxylation sites is 3. The average molecular weight is 776 g/mol. The van der Waals surface area contributed by atoms with Gasteiger partial charge in [0.1, 0.15) is 5.82 Å². The fourth-order valence-corrected chi connectivity index (χ4v) is 9.71. The molecule has 13 rings (SSSR count). The molecule has 5 heteroatoms. The summed E-state index contributed by atoms with van der Waals surface area (Å²) in [6.07, 6.45) is 0. The summed E-state index contributed by atoms with van der Waals surface area (Å²) in [5.74, 6) is 2.63. The Kier molecular flexibility index (Phi) is 7.24. The number of rotatable bonds is 5. The maximum atomic E-state index is 5.41. The monoisotopic (exact) mass is 775 g/mol. The Morgan fingerprint density at radius 3 is 1.54 bits per heavy atom. The van der Waals surface area contributed by atoms with Gasteiger partial charge >= 0.3 is 0 Å². The van der Waals surface area contributed by atoms with Crippen LogP contribution in [0.2, 0.25) is 0 Å². The van der Waals surface area contributed by atoms with Gasteiger partial charge in [0.25, 0.3) is 0 Å². The molecule has 0 bridgehead atoms. The molecule has 0 fully saturated rings. The third kappa shape index (κ3) is 5.08. The van der Waals surface area contributed by atoms with Crippen LogP contribution in [0.5, 0.6) is 0 Å². The summed E-state index contributed by atoms with van der Waals surface area (Å²) in [4.78, 5) is 21.5. The number of nitrogens with zero attached hydrogens (tertiary/aromatic N) is 5. The predicted octanol–water partition coefficient (Wildman–Crippen LogP) is 14.1. The van der Waals surface area contributed by atoms with Crippen molar-refractivity contribution in [1.29, 1.82) is 0 Å². The molecule has 0 aliphatic heterocycles. The molecule has 0 amide bonds. The fourth-order valence-electron chi connectivity index (χ4n) is 9.71. The Morgan fingerprint density at radius 2 is 0.803 bits per heavy atom. The van der Waals surface area contributed by atoms with Gasteiger partial charge in [-0.2, -0.15) is 0 Å². The van der Waals surface area contributed by atoms with Gasteiger partial charge in [0, 0.05) is 27.9 Å². The van der Waals surface area contributed by atoms with Crippen molar-refractivity contribution in [3.63, 3.8) is 0 Å². The Labute approximate surface area is 350 Å². The van der Waals surface area contributed by atoms with E-state index in [1.165, 1.54) is 54.6 Å². The van der Waals surface area contributed by atoms with Gasteiger partial charge in [-0.15, -0.1) is 0 Å². The Balaban J connectivity index is 1.08. The molecule has 2 aromatic heterocycles. The summed E-state index contributed by atoms with van der Waals surface area (Å²) in [6.45, 7) is 0. The number of benzene rings is 10. The van der Waals surface area contributed by atoms with Gasteiger partial charge in [-0.25, -0.2) is 19.9 Å². The van der Waals surface area contributed by atoms with Crippen molar-refractivity contribution < 1.29 is 0 Å². The molecule has 282 valence electrons. The highest BCUT2D eigenvalue weighted by Gasteiger charge is 2.25. The molecule has 0 radical (unpaired) electrons. The molecule has 0 unspecified atom stereocenters. The lowest BCUT2D eigenvalue weighted by Crippen LogP contribution is -2.03. The Hall–Kier alpha value is -8.28. The lowest BCUT2D eigenvalue weighted by Gasteiger charge is -2.15. The SMILES string of the molecule is c1ccc(-n2c(-c3ccccc3-c3nc(-c4ccc5c6ccccc6c6ccccc6c5c4)nc(-c4ccc5c6c(cccc46)-c4ccccc4-5)n3)nc3ccccc32)cc1. The number of aromatic nitrogens is 5. The minimum absolute atomic E-state index is 0.581. The Bertz CT molecular complexity index is 3710. The molecular formula is C56H33N5. The smallest absolute Gasteiger partial charge is 0.164 e. The molecule has 12 aromatic rings. The number of imidazole rings is 1. The van der Waals surface area contributed by atoms with Crippen LogP contribution in [0.25, 0.3) is 128 Å². The van der Waals surface area contributed by atoms with E-state index in [4.69, 9.17) is 19.9 Å². The van der Waals surface area contributed by atoms with E-state index in [1.807, 2.05) is 12.1 Å². The second-order valence-electron chi connectivity index (χ2n) is 15.7. The van der Waals surface area contributed by atoms with Gasteiger partial charge in [0.2, 0.25) is 0 Å². The van der Waals surface area contributed by atoms with Gasteiger partial charge in [-0.1, -0.05) is 164 Å². The minimum Gasteiger partial charge on any atom is -0.292 e. The van der Waals surface area contributed by atoms with Crippen LogP contribution in [0.1, 0.15) is 0 Å². The van der Waals surface area contributed by atoms with Crippen LogP contribution in [-0.2, 0) is 0 Å². The quantitative estimate of drug-likeness (QED) is 0.163. The predicted molar refractivity (Wildman–Crippen MR) is 251 cm³/mol. The van der Waals surface area contributed by atoms with Crippen molar-refractivity contribution >= 4 is 54.1 Å². The summed E-state index contributed by atoms with van der Waals surface area (Å²) >= 11 is 0. The molecule has 5 nitrogen and oxygen atoms in total. The minimum atomic E-state index is 0.581. The molecule has 0 atom stereocenters. The number of hydrogen-bond acceptors (Lipinski definition) is 4. The van der Waals surface area contributed by atoms with E-state index in [0.717, 1.165) is 55.6 Å². The zero-order valence-corrected chi connectivity index (χ0v) is 32.8. The van der Waals surface area contributed by atoms with E-state index in [2.05, 4.69) is 193 Å². The topological polar surface area (TPSA) is 56.5 Å². The molecule has 10 aromatic carbocycles. The first kappa shape index (κ1) is 33.7. The molecule has 61 heavy (non-hydrogen) atoms. The summed E-state index contributed by atoms with van der Waals surface area (Å²) in [5, 5.41) is 9.60. The normalized spacial score (nSPS) is 11.9. The zero-order valence-electron chi connectivity index (χ0n) is 32.8. The highest BCUT2D eigenvalue weighted by Crippen LogP contribution is 2.49. The van der Waals surface area contributed by atoms with Gasteiger partial charge in [0.15, 0.2) is 17.5 Å². The summed E-state index contributed by atoms with van der Waals surface area (Å²) in [5.41, 5.74) is 11.6. The Morgan fingerprint density at radius 1 is 0.295 bits per heavy atom. The first-order valence-electron chi connectivity index (χ1n) is 20.6. The van der Waals surface area contributed by atoms with Gasteiger partial charge in [-0.05, 0) is 102 Å². The summed E-state index contributed by atoms with van der Waals surface area (Å²) in [6, 6.07) is 70.8. The second-order valence-corrected chi connectivity index (χ2v) is 15.7. The number of hydrogen-bond donors (Lipinski definition) is 0. The third-order valence-electron chi connectivity index (χ3n) is 12.4. The third-order valence-corrected chi connectivity index (χ3v) is 12.4. The first-order chi connectivity index (χ1) is 30.3. The van der Waals surface area contributed by atoms with E-state index < -0.39 is 0 Å². The van der Waals surface area contributed by atoms with Crippen LogP contribution in [0, 0.1) is 0 Å². The molecule has 0 spiro atoms. The maximum absolute atomic E-state index is 5.41. The molecule has 1 aliphatic rings. The van der Waals surface area contributed by atoms with Gasteiger partial charge in [0.05, 0.1) is 11.0 Å². The van der Waals surface area contributed by atoms with Crippen LogP contribution < -0.4 is 0 Å². The molecule has 1 aliphatic carbocycles. The standard InChI is InChI=1S/C56H33N5/c1-2-15-35(16-3-1)61-51-28-13-12-27-50(51)57-56(61)48-24-11-10-23-46(48)54-58-53(34-29-30-42-38-19-5-4-17-36(38)37-18-6-9-22-41(37)49(42)33-34)59-55(60-54)47-32-31-45-40-21-8-7-20-39(40)43-25-14-26-44(47)52(43)45/h1-33H. The van der Waals surface area contributed by atoms with Crippen LogP contribution in [0.4, 0.5) is 0 Å². The van der Waals surface area contributed by atoms with Crippen LogP contribution in [0.15, 0.2) is 200 Å². The lowest BCUT2D eigenvalue weighted by atomic mass is 9.93. The molecule has 2 heterocycles. The lowest BCUT2D eigenvalue weighted by molar-refractivity contribution is 1.07. The van der Waals surface area contributed by atoms with Crippen LogP contribution in [0.3, 0.4) is 0 Å². The molecule has 0 saturated heterocycles. The molecular weight excluding hydrogens is 743 g/mol. The van der Waals surface area contributed by atoms with Crippen LogP contribution in [-0.4, -0.2) is 24.5 Å². The first-order valence-corrected chi connectivity index (χ1v) is 20.6. The van der Waals surface area contributed by atoms with Crippen molar-refractivity contribution in [2.45, 2.75) is 0 Å². The summed E-state index contributed by atoms with van der Waals surface area (Å²) < 4.78 is 2.23. The fraction of sp³-hybridized carbons (Fsp3) is 0. The number of fused-ring (bicyclic) bond motifs is 10. The zero-order chi connectivity index (χ0) is 40.0. The summed E-state index contributed by atoms with van der Waals surface area (Å²) in [7, 11) is 0. The van der Waals surface area contributed by atoms with Gasteiger partial charge in [-0.3, -0.25) is 4.57 Å². The van der Waals surface area contributed by atoms with E-state index in [9.17, 15) is 0 Å². The molecule has 0 saturated carbocycles. The van der Waals surface area contributed by atoms with Crippen molar-refractivity contribution in [2.75, 3.05) is 0 Å².